The highest BCUT2D eigenvalue weighted by atomic mass is 16.3. The van der Waals surface area contributed by atoms with E-state index in [1.807, 2.05) is 10.8 Å². The van der Waals surface area contributed by atoms with E-state index in [1.165, 1.54) is 32.1 Å². The molecule has 23 heavy (non-hydrogen) atoms. The normalized spacial score (nSPS) is 18.5. The van der Waals surface area contributed by atoms with Gasteiger partial charge in [-0.1, -0.05) is 32.1 Å². The van der Waals surface area contributed by atoms with Crippen molar-refractivity contribution in [1.29, 1.82) is 0 Å². The van der Waals surface area contributed by atoms with Gasteiger partial charge in [0.1, 0.15) is 0 Å². The van der Waals surface area contributed by atoms with E-state index in [2.05, 4.69) is 10.3 Å². The van der Waals surface area contributed by atoms with Crippen molar-refractivity contribution in [3.63, 3.8) is 0 Å². The zero-order valence-electron chi connectivity index (χ0n) is 13.9. The smallest absolute Gasteiger partial charge is 0.222 e. The van der Waals surface area contributed by atoms with Gasteiger partial charge in [0.2, 0.25) is 5.91 Å². The number of rotatable bonds is 9. The zero-order valence-corrected chi connectivity index (χ0v) is 13.9. The highest BCUT2D eigenvalue weighted by molar-refractivity contribution is 5.76. The van der Waals surface area contributed by atoms with Crippen molar-refractivity contribution in [2.24, 2.45) is 11.7 Å². The van der Waals surface area contributed by atoms with Crippen LogP contribution in [-0.2, 0) is 11.3 Å². The number of carbonyl (C=O) groups is 1. The summed E-state index contributed by atoms with van der Waals surface area (Å²) in [7, 11) is 0. The molecule has 1 heterocycles. The summed E-state index contributed by atoms with van der Waals surface area (Å²) in [5.41, 5.74) is 6.08. The summed E-state index contributed by atoms with van der Waals surface area (Å²) in [4.78, 5) is 15.8. The quantitative estimate of drug-likeness (QED) is 0.600. The van der Waals surface area contributed by atoms with Crippen molar-refractivity contribution in [3.8, 4) is 0 Å². The van der Waals surface area contributed by atoms with Crippen LogP contribution in [0.4, 0.5) is 0 Å². The van der Waals surface area contributed by atoms with Crippen molar-refractivity contribution >= 4 is 5.91 Å². The average molecular weight is 322 g/mol. The number of aromatic nitrogens is 2. The van der Waals surface area contributed by atoms with Crippen LogP contribution in [-0.4, -0.2) is 39.3 Å². The third-order valence-electron chi connectivity index (χ3n) is 4.69. The fourth-order valence-electron chi connectivity index (χ4n) is 3.29. The maximum absolute atomic E-state index is 11.9. The first-order chi connectivity index (χ1) is 11.1. The summed E-state index contributed by atoms with van der Waals surface area (Å²) in [5.74, 6) is 0.494. The van der Waals surface area contributed by atoms with Crippen LogP contribution >= 0.6 is 0 Å². The lowest BCUT2D eigenvalue weighted by atomic mass is 9.83. The monoisotopic (exact) mass is 322 g/mol. The fourth-order valence-corrected chi connectivity index (χ4v) is 3.29. The fraction of sp³-hybridized carbons (Fsp3) is 0.765. The minimum absolute atomic E-state index is 0.0962. The summed E-state index contributed by atoms with van der Waals surface area (Å²) in [6.45, 7) is 1.42. The van der Waals surface area contributed by atoms with E-state index < -0.39 is 6.10 Å². The standard InChI is InChI=1S/C17H30N4O2/c18-15(11-14-5-2-1-3-6-14)16(22)12-17(23)20-7-4-9-21-10-8-19-13-21/h8,10,13-16,22H,1-7,9,11-12,18H2,(H,20,23). The highest BCUT2D eigenvalue weighted by Gasteiger charge is 2.23. The molecular formula is C17H30N4O2. The van der Waals surface area contributed by atoms with Gasteiger partial charge in [0.25, 0.3) is 0 Å². The second-order valence-corrected chi connectivity index (χ2v) is 6.68. The molecule has 6 nitrogen and oxygen atoms in total. The second kappa shape index (κ2) is 9.67. The highest BCUT2D eigenvalue weighted by Crippen LogP contribution is 2.27. The lowest BCUT2D eigenvalue weighted by Crippen LogP contribution is -2.40. The molecule has 1 aromatic rings. The van der Waals surface area contributed by atoms with Crippen LogP contribution in [0.1, 0.15) is 51.4 Å². The SMILES string of the molecule is NC(CC1CCCCC1)C(O)CC(=O)NCCCn1ccnc1. The van der Waals surface area contributed by atoms with Gasteiger partial charge in [-0.25, -0.2) is 4.98 Å². The Labute approximate surface area is 138 Å². The topological polar surface area (TPSA) is 93.2 Å². The zero-order chi connectivity index (χ0) is 16.5. The number of aliphatic hydroxyl groups is 1. The van der Waals surface area contributed by atoms with Crippen molar-refractivity contribution in [1.82, 2.24) is 14.9 Å². The first-order valence-electron chi connectivity index (χ1n) is 8.81. The molecule has 0 radical (unpaired) electrons. The Morgan fingerprint density at radius 2 is 2.17 bits per heavy atom. The minimum Gasteiger partial charge on any atom is -0.391 e. The van der Waals surface area contributed by atoms with Crippen molar-refractivity contribution in [2.75, 3.05) is 6.54 Å². The van der Waals surface area contributed by atoms with E-state index in [9.17, 15) is 9.90 Å². The summed E-state index contributed by atoms with van der Waals surface area (Å²) in [6.07, 6.45) is 12.7. The molecule has 0 spiro atoms. The van der Waals surface area contributed by atoms with Gasteiger partial charge in [0.05, 0.1) is 18.9 Å². The first-order valence-corrected chi connectivity index (χ1v) is 8.81. The number of amides is 1. The third-order valence-corrected chi connectivity index (χ3v) is 4.69. The lowest BCUT2D eigenvalue weighted by Gasteiger charge is -2.26. The summed E-state index contributed by atoms with van der Waals surface area (Å²) >= 11 is 0. The third kappa shape index (κ3) is 6.71. The van der Waals surface area contributed by atoms with Crippen LogP contribution < -0.4 is 11.1 Å². The number of aliphatic hydroxyl groups excluding tert-OH is 1. The Bertz CT molecular complexity index is 443. The number of aryl methyl sites for hydroxylation is 1. The number of imidazole rings is 1. The molecule has 1 aromatic heterocycles. The van der Waals surface area contributed by atoms with Gasteiger partial charge in [0, 0.05) is 31.5 Å². The molecule has 1 aliphatic carbocycles. The molecule has 0 bridgehead atoms. The lowest BCUT2D eigenvalue weighted by molar-refractivity contribution is -0.123. The van der Waals surface area contributed by atoms with Gasteiger partial charge in [-0.3, -0.25) is 4.79 Å². The van der Waals surface area contributed by atoms with Crippen LogP contribution in [0.25, 0.3) is 0 Å². The van der Waals surface area contributed by atoms with E-state index in [0.717, 1.165) is 19.4 Å². The molecule has 1 aliphatic rings. The molecule has 2 unspecified atom stereocenters. The number of carbonyl (C=O) groups excluding carboxylic acids is 1. The molecule has 0 aliphatic heterocycles. The molecule has 2 atom stereocenters. The Morgan fingerprint density at radius 1 is 1.39 bits per heavy atom. The molecule has 6 heteroatoms. The molecular weight excluding hydrogens is 292 g/mol. The van der Waals surface area contributed by atoms with Gasteiger partial charge < -0.3 is 20.7 Å². The first kappa shape index (κ1) is 17.9. The maximum atomic E-state index is 11.9. The number of nitrogens with one attached hydrogen (secondary N) is 1. The molecule has 1 amide bonds. The van der Waals surface area contributed by atoms with Crippen LogP contribution in [0.15, 0.2) is 18.7 Å². The molecule has 0 aromatic carbocycles. The second-order valence-electron chi connectivity index (χ2n) is 6.68. The Kier molecular flexibility index (Phi) is 7.55. The summed E-state index contributed by atoms with van der Waals surface area (Å²) < 4.78 is 1.97. The largest absolute Gasteiger partial charge is 0.391 e. The number of hydrogen-bond donors (Lipinski definition) is 3. The maximum Gasteiger partial charge on any atom is 0.222 e. The Hall–Kier alpha value is -1.40. The van der Waals surface area contributed by atoms with E-state index in [4.69, 9.17) is 5.73 Å². The molecule has 130 valence electrons. The molecule has 1 fully saturated rings. The van der Waals surface area contributed by atoms with Crippen molar-refractivity contribution in [3.05, 3.63) is 18.7 Å². The van der Waals surface area contributed by atoms with Gasteiger partial charge in [0.15, 0.2) is 0 Å². The van der Waals surface area contributed by atoms with Crippen LogP contribution in [0.5, 0.6) is 0 Å². The van der Waals surface area contributed by atoms with Gasteiger partial charge in [-0.05, 0) is 18.8 Å². The van der Waals surface area contributed by atoms with Crippen molar-refractivity contribution < 1.29 is 9.90 Å². The Morgan fingerprint density at radius 3 is 2.87 bits per heavy atom. The predicted molar refractivity (Wildman–Crippen MR) is 89.6 cm³/mol. The number of hydrogen-bond acceptors (Lipinski definition) is 4. The Balaban J connectivity index is 1.57. The molecule has 4 N–H and O–H groups in total. The number of nitrogens with zero attached hydrogens (tertiary/aromatic N) is 2. The van der Waals surface area contributed by atoms with Crippen LogP contribution in [0.2, 0.25) is 0 Å². The average Bonchev–Trinajstić information content (AvgIpc) is 3.06. The summed E-state index contributed by atoms with van der Waals surface area (Å²) in [6, 6.07) is -0.296. The van der Waals surface area contributed by atoms with Crippen molar-refractivity contribution in [2.45, 2.75) is 70.1 Å². The van der Waals surface area contributed by atoms with Crippen LogP contribution in [0, 0.1) is 5.92 Å². The molecule has 1 saturated carbocycles. The summed E-state index contributed by atoms with van der Waals surface area (Å²) in [5, 5.41) is 13.0. The van der Waals surface area contributed by atoms with Crippen LogP contribution in [0.3, 0.4) is 0 Å². The van der Waals surface area contributed by atoms with Gasteiger partial charge >= 0.3 is 0 Å². The molecule has 2 rings (SSSR count). The molecule has 0 saturated heterocycles. The van der Waals surface area contributed by atoms with E-state index >= 15 is 0 Å². The van der Waals surface area contributed by atoms with E-state index in [0.29, 0.717) is 12.5 Å². The minimum atomic E-state index is -0.745. The van der Waals surface area contributed by atoms with E-state index in [-0.39, 0.29) is 18.4 Å². The number of nitrogens with two attached hydrogens (primary N) is 1. The van der Waals surface area contributed by atoms with E-state index in [1.54, 1.807) is 12.5 Å². The predicted octanol–water partition coefficient (Wildman–Crippen LogP) is 1.44. The van der Waals surface area contributed by atoms with Gasteiger partial charge in [-0.2, -0.15) is 0 Å². The van der Waals surface area contributed by atoms with Gasteiger partial charge in [-0.15, -0.1) is 0 Å².